The van der Waals surface area contributed by atoms with Gasteiger partial charge in [-0.1, -0.05) is 24.3 Å². The molecule has 1 atom stereocenters. The number of nitrogens with zero attached hydrogens (tertiary/aromatic N) is 4. The van der Waals surface area contributed by atoms with Crippen molar-refractivity contribution in [3.05, 3.63) is 58.3 Å². The predicted octanol–water partition coefficient (Wildman–Crippen LogP) is 4.51. The number of piperidine rings is 1. The number of aromatic nitrogens is 2. The van der Waals surface area contributed by atoms with E-state index >= 15 is 0 Å². The normalized spacial score (nSPS) is 20.3. The van der Waals surface area contributed by atoms with Crippen LogP contribution < -0.4 is 0 Å². The molecule has 11 heteroatoms. The quantitative estimate of drug-likeness (QED) is 0.563. The van der Waals surface area contributed by atoms with E-state index in [1.807, 2.05) is 41.4 Å². The summed E-state index contributed by atoms with van der Waals surface area (Å²) in [6.07, 6.45) is 2.04. The van der Waals surface area contributed by atoms with Crippen LogP contribution in [0.5, 0.6) is 0 Å². The Bertz CT molecular complexity index is 1230. The van der Waals surface area contributed by atoms with Crippen molar-refractivity contribution in [3.8, 4) is 0 Å². The van der Waals surface area contributed by atoms with Gasteiger partial charge in [0, 0.05) is 54.4 Å². The van der Waals surface area contributed by atoms with Gasteiger partial charge in [-0.2, -0.15) is 13.2 Å². The number of benzene rings is 1. The molecule has 4 heterocycles. The van der Waals surface area contributed by atoms with Crippen LogP contribution >= 0.6 is 11.3 Å². The second kappa shape index (κ2) is 9.90. The molecule has 2 aromatic heterocycles. The second-order valence-corrected chi connectivity index (χ2v) is 10.1. The zero-order chi connectivity index (χ0) is 25.2. The van der Waals surface area contributed by atoms with E-state index in [-0.39, 0.29) is 11.4 Å². The topological polar surface area (TPSA) is 86.6 Å². The van der Waals surface area contributed by atoms with Gasteiger partial charge in [0.05, 0.1) is 5.01 Å². The Morgan fingerprint density at radius 2 is 1.89 bits per heavy atom. The number of amides is 1. The molecule has 2 aliphatic rings. The molecule has 0 aliphatic carbocycles. The van der Waals surface area contributed by atoms with Crippen LogP contribution in [0.4, 0.5) is 13.2 Å². The molecule has 3 aromatic rings. The van der Waals surface area contributed by atoms with Crippen LogP contribution in [-0.2, 0) is 11.3 Å². The lowest BCUT2D eigenvalue weighted by molar-refractivity contribution is -0.192. The third-order valence-corrected chi connectivity index (χ3v) is 7.39. The first kappa shape index (κ1) is 25.1. The van der Waals surface area contributed by atoms with Crippen molar-refractivity contribution in [1.29, 1.82) is 0 Å². The monoisotopic (exact) mass is 506 g/mol. The summed E-state index contributed by atoms with van der Waals surface area (Å²) in [4.78, 5) is 37.0. The zero-order valence-electron chi connectivity index (χ0n) is 19.1. The third-order valence-electron chi connectivity index (χ3n) is 6.50. The number of aliphatic carboxylic acids is 1. The summed E-state index contributed by atoms with van der Waals surface area (Å²) in [5, 5.41) is 10.3. The lowest BCUT2D eigenvalue weighted by Crippen LogP contribution is -2.66. The maximum atomic E-state index is 13.3. The smallest absolute Gasteiger partial charge is 0.475 e. The van der Waals surface area contributed by atoms with E-state index in [1.54, 1.807) is 17.5 Å². The van der Waals surface area contributed by atoms with E-state index in [4.69, 9.17) is 9.90 Å². The molecule has 1 N–H and O–H groups in total. The van der Waals surface area contributed by atoms with Gasteiger partial charge in [-0.25, -0.2) is 9.78 Å². The van der Waals surface area contributed by atoms with Gasteiger partial charge >= 0.3 is 12.1 Å². The summed E-state index contributed by atoms with van der Waals surface area (Å²) in [6, 6.07) is 9.98. The molecule has 0 radical (unpaired) electrons. The van der Waals surface area contributed by atoms with E-state index in [1.165, 1.54) is 4.88 Å². The highest BCUT2D eigenvalue weighted by atomic mass is 32.1. The van der Waals surface area contributed by atoms with Crippen molar-refractivity contribution < 1.29 is 27.9 Å². The summed E-state index contributed by atoms with van der Waals surface area (Å²) >= 11 is 1.77. The molecule has 2 fully saturated rings. The van der Waals surface area contributed by atoms with Crippen molar-refractivity contribution in [2.45, 2.75) is 44.4 Å². The number of hydrogen-bond donors (Lipinski definition) is 1. The highest BCUT2D eigenvalue weighted by molar-refractivity contribution is 7.11. The van der Waals surface area contributed by atoms with E-state index in [0.717, 1.165) is 61.2 Å². The number of carboxylic acid groups (broad SMARTS) is 1. The standard InChI is InChI=1S/C22H24N4OS.C2HF3O2/c1-16-24-13-18(28-16)14-26-12-9-22(26)8-4-11-25(15-22)21(27)20-19-6-3-2-5-17(19)7-10-23-20;3-2(4,5)1(6)7/h2-3,5-7,10,13H,4,8-9,11-12,14-15H2,1H3;(H,6,7). The van der Waals surface area contributed by atoms with Gasteiger partial charge in [-0.05, 0) is 37.6 Å². The summed E-state index contributed by atoms with van der Waals surface area (Å²) < 4.78 is 31.7. The first-order chi connectivity index (χ1) is 16.6. The lowest BCUT2D eigenvalue weighted by atomic mass is 9.77. The molecule has 1 aromatic carbocycles. The first-order valence-electron chi connectivity index (χ1n) is 11.2. The number of carboxylic acids is 1. The molecule has 2 aliphatic heterocycles. The molecule has 1 amide bonds. The van der Waals surface area contributed by atoms with Gasteiger partial charge < -0.3 is 10.0 Å². The Morgan fingerprint density at radius 1 is 1.14 bits per heavy atom. The molecular formula is C24H25F3N4O3S. The van der Waals surface area contributed by atoms with Crippen LogP contribution in [0.2, 0.25) is 0 Å². The van der Waals surface area contributed by atoms with Crippen molar-refractivity contribution in [1.82, 2.24) is 19.8 Å². The number of likely N-dealkylation sites (tertiary alicyclic amines) is 2. The Labute approximate surface area is 204 Å². The Balaban J connectivity index is 0.000000364. The largest absolute Gasteiger partial charge is 0.490 e. The Hall–Kier alpha value is -3.05. The van der Waals surface area contributed by atoms with Crippen LogP contribution in [0, 0.1) is 6.92 Å². The maximum Gasteiger partial charge on any atom is 0.490 e. The fraction of sp³-hybridized carbons (Fsp3) is 0.417. The van der Waals surface area contributed by atoms with Crippen molar-refractivity contribution in [2.24, 2.45) is 0 Å². The highest BCUT2D eigenvalue weighted by Crippen LogP contribution is 2.40. The van der Waals surface area contributed by atoms with Gasteiger partial charge in [0.1, 0.15) is 5.69 Å². The third kappa shape index (κ3) is 5.46. The van der Waals surface area contributed by atoms with E-state index in [2.05, 4.69) is 21.8 Å². The number of fused-ring (bicyclic) bond motifs is 1. The maximum absolute atomic E-state index is 13.3. The number of carbonyl (C=O) groups is 2. The number of pyridine rings is 1. The molecule has 186 valence electrons. The summed E-state index contributed by atoms with van der Waals surface area (Å²) in [5.74, 6) is -2.69. The Kier molecular flexibility index (Phi) is 7.09. The molecule has 1 unspecified atom stereocenters. The fourth-order valence-corrected chi connectivity index (χ4v) is 5.50. The molecule has 0 bridgehead atoms. The van der Waals surface area contributed by atoms with Gasteiger partial charge in [-0.3, -0.25) is 14.7 Å². The summed E-state index contributed by atoms with van der Waals surface area (Å²) in [5.41, 5.74) is 0.704. The Morgan fingerprint density at radius 3 is 2.51 bits per heavy atom. The first-order valence-corrected chi connectivity index (χ1v) is 12.0. The van der Waals surface area contributed by atoms with Crippen LogP contribution in [-0.4, -0.2) is 68.1 Å². The molecule has 0 saturated carbocycles. The molecule has 2 saturated heterocycles. The number of carbonyl (C=O) groups excluding carboxylic acids is 1. The predicted molar refractivity (Wildman–Crippen MR) is 125 cm³/mol. The molecule has 35 heavy (non-hydrogen) atoms. The number of alkyl halides is 3. The second-order valence-electron chi connectivity index (χ2n) is 8.76. The fourth-order valence-electron chi connectivity index (χ4n) is 4.69. The molecule has 7 nitrogen and oxygen atoms in total. The van der Waals surface area contributed by atoms with Crippen LogP contribution in [0.15, 0.2) is 42.7 Å². The van der Waals surface area contributed by atoms with Gasteiger partial charge in [0.15, 0.2) is 0 Å². The van der Waals surface area contributed by atoms with Crippen LogP contribution in [0.25, 0.3) is 10.8 Å². The molecule has 5 rings (SSSR count). The minimum absolute atomic E-state index is 0.0661. The average Bonchev–Trinajstić information content (AvgIpc) is 3.25. The number of thiazole rings is 1. The summed E-state index contributed by atoms with van der Waals surface area (Å²) in [7, 11) is 0. The van der Waals surface area contributed by atoms with Crippen molar-refractivity contribution in [2.75, 3.05) is 19.6 Å². The average molecular weight is 507 g/mol. The van der Waals surface area contributed by atoms with Crippen molar-refractivity contribution >= 4 is 34.0 Å². The number of rotatable bonds is 3. The van der Waals surface area contributed by atoms with Gasteiger partial charge in [-0.15, -0.1) is 11.3 Å². The van der Waals surface area contributed by atoms with Crippen LogP contribution in [0.3, 0.4) is 0 Å². The molecule has 1 spiro atoms. The van der Waals surface area contributed by atoms with E-state index < -0.39 is 12.1 Å². The minimum atomic E-state index is -5.08. The summed E-state index contributed by atoms with van der Waals surface area (Å²) in [6.45, 7) is 5.72. The van der Waals surface area contributed by atoms with Gasteiger partial charge in [0.25, 0.3) is 5.91 Å². The SMILES string of the molecule is Cc1ncc(CN2CCC23CCCN(C(=O)c2nccc4ccccc24)C3)s1.O=C(O)C(F)(F)F. The number of hydrogen-bond acceptors (Lipinski definition) is 6. The molecular weight excluding hydrogens is 481 g/mol. The lowest BCUT2D eigenvalue weighted by Gasteiger charge is -2.57. The van der Waals surface area contributed by atoms with E-state index in [9.17, 15) is 18.0 Å². The highest BCUT2D eigenvalue weighted by Gasteiger charge is 2.48. The number of halogens is 3. The van der Waals surface area contributed by atoms with E-state index in [0.29, 0.717) is 5.69 Å². The zero-order valence-corrected chi connectivity index (χ0v) is 19.9. The van der Waals surface area contributed by atoms with Crippen molar-refractivity contribution in [3.63, 3.8) is 0 Å². The minimum Gasteiger partial charge on any atom is -0.475 e. The van der Waals surface area contributed by atoms with Crippen LogP contribution in [0.1, 0.15) is 39.6 Å². The van der Waals surface area contributed by atoms with Gasteiger partial charge in [0.2, 0.25) is 0 Å². The number of aryl methyl sites for hydroxylation is 1.